The van der Waals surface area contributed by atoms with E-state index in [0.717, 1.165) is 15.7 Å². The molecule has 1 atom stereocenters. The Bertz CT molecular complexity index is 521. The van der Waals surface area contributed by atoms with Crippen LogP contribution in [0.1, 0.15) is 19.8 Å². The quantitative estimate of drug-likeness (QED) is 0.640. The molecule has 2 amide bonds. The van der Waals surface area contributed by atoms with Gasteiger partial charge in [0.25, 0.3) is 0 Å². The molecular weight excluding hydrogens is 320 g/mol. The predicted octanol–water partition coefficient (Wildman–Crippen LogP) is 2.81. The van der Waals surface area contributed by atoms with E-state index in [0.29, 0.717) is 32.5 Å². The maximum Gasteiger partial charge on any atom is 0.224 e. The number of amides is 2. The number of nitrogens with one attached hydrogen (secondary N) is 1. The summed E-state index contributed by atoms with van der Waals surface area (Å²) in [5.41, 5.74) is 0. The zero-order valence-electron chi connectivity index (χ0n) is 12.7. The molecule has 1 saturated heterocycles. The number of nitrogens with zero attached hydrogens (tertiary/aromatic N) is 1. The van der Waals surface area contributed by atoms with Gasteiger partial charge in [-0.3, -0.25) is 9.59 Å². The van der Waals surface area contributed by atoms with Crippen molar-refractivity contribution >= 4 is 35.2 Å². The Morgan fingerprint density at radius 3 is 2.82 bits per heavy atom. The second-order valence-corrected chi connectivity index (χ2v) is 6.87. The van der Waals surface area contributed by atoms with Crippen LogP contribution >= 0.6 is 23.4 Å². The molecule has 6 heteroatoms. The van der Waals surface area contributed by atoms with E-state index in [2.05, 4.69) is 5.32 Å². The lowest BCUT2D eigenvalue weighted by Gasteiger charge is -2.31. The molecule has 0 unspecified atom stereocenters. The Kier molecular flexibility index (Phi) is 6.58. The number of carbonyl (C=O) groups excluding carboxylic acids is 2. The molecule has 0 spiro atoms. The molecule has 0 aliphatic carbocycles. The smallest absolute Gasteiger partial charge is 0.224 e. The van der Waals surface area contributed by atoms with Crippen molar-refractivity contribution in [2.24, 2.45) is 5.92 Å². The van der Waals surface area contributed by atoms with Crippen LogP contribution in [0.4, 0.5) is 0 Å². The van der Waals surface area contributed by atoms with E-state index >= 15 is 0 Å². The highest BCUT2D eigenvalue weighted by Crippen LogP contribution is 2.20. The maximum atomic E-state index is 12.1. The molecule has 1 aliphatic rings. The molecule has 0 bridgehead atoms. The SMILES string of the molecule is CCN1C[C@H](C(=O)NCCSc2ccc(Cl)cc2)CCC1=O. The first-order chi connectivity index (χ1) is 10.6. The molecule has 1 N–H and O–H groups in total. The Hall–Kier alpha value is -1.20. The van der Waals surface area contributed by atoms with E-state index in [1.54, 1.807) is 16.7 Å². The molecule has 0 aromatic heterocycles. The van der Waals surface area contributed by atoms with E-state index in [1.165, 1.54) is 0 Å². The molecule has 120 valence electrons. The Morgan fingerprint density at radius 2 is 2.14 bits per heavy atom. The topological polar surface area (TPSA) is 49.4 Å². The summed E-state index contributed by atoms with van der Waals surface area (Å²) in [7, 11) is 0. The molecule has 1 heterocycles. The van der Waals surface area contributed by atoms with Gasteiger partial charge in [-0.2, -0.15) is 0 Å². The molecule has 0 saturated carbocycles. The van der Waals surface area contributed by atoms with Gasteiger partial charge in [-0.05, 0) is 37.6 Å². The van der Waals surface area contributed by atoms with Crippen LogP contribution in [0.2, 0.25) is 5.02 Å². The molecule has 0 radical (unpaired) electrons. The van der Waals surface area contributed by atoms with Crippen molar-refractivity contribution in [3.05, 3.63) is 29.3 Å². The molecule has 4 nitrogen and oxygen atoms in total. The summed E-state index contributed by atoms with van der Waals surface area (Å²) in [5.74, 6) is 0.960. The highest BCUT2D eigenvalue weighted by atomic mass is 35.5. The Labute approximate surface area is 140 Å². The van der Waals surface area contributed by atoms with E-state index in [9.17, 15) is 9.59 Å². The fourth-order valence-corrected chi connectivity index (χ4v) is 3.35. The fourth-order valence-electron chi connectivity index (χ4n) is 2.45. The lowest BCUT2D eigenvalue weighted by Crippen LogP contribution is -2.45. The van der Waals surface area contributed by atoms with Crippen molar-refractivity contribution in [1.82, 2.24) is 10.2 Å². The van der Waals surface area contributed by atoms with Crippen LogP contribution in [0.15, 0.2) is 29.2 Å². The minimum atomic E-state index is -0.0711. The van der Waals surface area contributed by atoms with Gasteiger partial charge >= 0.3 is 0 Å². The van der Waals surface area contributed by atoms with Crippen molar-refractivity contribution in [3.63, 3.8) is 0 Å². The normalized spacial score (nSPS) is 18.4. The van der Waals surface area contributed by atoms with Crippen molar-refractivity contribution in [1.29, 1.82) is 0 Å². The van der Waals surface area contributed by atoms with Gasteiger partial charge in [0, 0.05) is 41.7 Å². The summed E-state index contributed by atoms with van der Waals surface area (Å²) < 4.78 is 0. The number of hydrogen-bond donors (Lipinski definition) is 1. The summed E-state index contributed by atoms with van der Waals surface area (Å²) in [6, 6.07) is 7.67. The molecule has 1 fully saturated rings. The molecule has 22 heavy (non-hydrogen) atoms. The molecule has 2 rings (SSSR count). The van der Waals surface area contributed by atoms with Crippen LogP contribution in [0.5, 0.6) is 0 Å². The van der Waals surface area contributed by atoms with Gasteiger partial charge in [0.1, 0.15) is 0 Å². The van der Waals surface area contributed by atoms with E-state index in [-0.39, 0.29) is 17.7 Å². The molecular formula is C16H21ClN2O2S. The van der Waals surface area contributed by atoms with Crippen molar-refractivity contribution in [2.45, 2.75) is 24.7 Å². The van der Waals surface area contributed by atoms with Gasteiger partial charge in [-0.25, -0.2) is 0 Å². The number of thioether (sulfide) groups is 1. The first-order valence-corrected chi connectivity index (χ1v) is 8.90. The minimum absolute atomic E-state index is 0.0580. The highest BCUT2D eigenvalue weighted by Gasteiger charge is 2.28. The van der Waals surface area contributed by atoms with Crippen LogP contribution in [0.25, 0.3) is 0 Å². The zero-order chi connectivity index (χ0) is 15.9. The van der Waals surface area contributed by atoms with Gasteiger partial charge in [0.15, 0.2) is 0 Å². The standard InChI is InChI=1S/C16H21ClN2O2S/c1-2-19-11-12(3-8-15(19)20)16(21)18-9-10-22-14-6-4-13(17)5-7-14/h4-7,12H,2-3,8-11H2,1H3,(H,18,21)/t12-/m1/s1. The summed E-state index contributed by atoms with van der Waals surface area (Å²) in [6.07, 6.45) is 1.14. The third kappa shape index (κ3) is 4.92. The van der Waals surface area contributed by atoms with E-state index in [4.69, 9.17) is 11.6 Å². The number of hydrogen-bond acceptors (Lipinski definition) is 3. The van der Waals surface area contributed by atoms with Crippen LogP contribution in [-0.4, -0.2) is 42.1 Å². The first kappa shape index (κ1) is 17.2. The number of piperidine rings is 1. The fraction of sp³-hybridized carbons (Fsp3) is 0.500. The van der Waals surface area contributed by atoms with Crippen molar-refractivity contribution in [3.8, 4) is 0 Å². The van der Waals surface area contributed by atoms with Crippen molar-refractivity contribution < 1.29 is 9.59 Å². The van der Waals surface area contributed by atoms with Gasteiger partial charge in [0.2, 0.25) is 11.8 Å². The number of rotatable bonds is 6. The number of likely N-dealkylation sites (tertiary alicyclic amines) is 1. The van der Waals surface area contributed by atoms with Crippen LogP contribution in [-0.2, 0) is 9.59 Å². The summed E-state index contributed by atoms with van der Waals surface area (Å²) in [6.45, 7) is 3.80. The highest BCUT2D eigenvalue weighted by molar-refractivity contribution is 7.99. The van der Waals surface area contributed by atoms with Gasteiger partial charge in [-0.15, -0.1) is 11.8 Å². The van der Waals surface area contributed by atoms with Crippen LogP contribution in [0.3, 0.4) is 0 Å². The minimum Gasteiger partial charge on any atom is -0.355 e. The molecule has 1 aliphatic heterocycles. The van der Waals surface area contributed by atoms with Crippen LogP contribution in [0, 0.1) is 5.92 Å². The van der Waals surface area contributed by atoms with Crippen molar-refractivity contribution in [2.75, 3.05) is 25.4 Å². The van der Waals surface area contributed by atoms with E-state index in [1.807, 2.05) is 31.2 Å². The second kappa shape index (κ2) is 8.44. The summed E-state index contributed by atoms with van der Waals surface area (Å²) in [5, 5.41) is 3.70. The average molecular weight is 341 g/mol. The number of carbonyl (C=O) groups is 2. The van der Waals surface area contributed by atoms with E-state index < -0.39 is 0 Å². The second-order valence-electron chi connectivity index (χ2n) is 5.26. The first-order valence-electron chi connectivity index (χ1n) is 7.54. The monoisotopic (exact) mass is 340 g/mol. The molecule has 1 aromatic carbocycles. The predicted molar refractivity (Wildman–Crippen MR) is 90.2 cm³/mol. The zero-order valence-corrected chi connectivity index (χ0v) is 14.3. The van der Waals surface area contributed by atoms with Gasteiger partial charge in [-0.1, -0.05) is 11.6 Å². The van der Waals surface area contributed by atoms with Gasteiger partial charge in [0.05, 0.1) is 5.92 Å². The third-order valence-corrected chi connectivity index (χ3v) is 5.00. The third-order valence-electron chi connectivity index (χ3n) is 3.74. The Balaban J connectivity index is 1.69. The maximum absolute atomic E-state index is 12.1. The number of benzene rings is 1. The lowest BCUT2D eigenvalue weighted by molar-refractivity contribution is -0.138. The molecule has 1 aromatic rings. The number of halogens is 1. The van der Waals surface area contributed by atoms with Gasteiger partial charge < -0.3 is 10.2 Å². The summed E-state index contributed by atoms with van der Waals surface area (Å²) in [4.78, 5) is 26.7. The van der Waals surface area contributed by atoms with Crippen LogP contribution < -0.4 is 5.32 Å². The summed E-state index contributed by atoms with van der Waals surface area (Å²) >= 11 is 7.53. The largest absolute Gasteiger partial charge is 0.355 e. The average Bonchev–Trinajstić information content (AvgIpc) is 2.53. The Morgan fingerprint density at radius 1 is 1.41 bits per heavy atom. The lowest BCUT2D eigenvalue weighted by atomic mass is 9.97.